The lowest BCUT2D eigenvalue weighted by Gasteiger charge is -2.04. The van der Waals surface area contributed by atoms with Crippen molar-refractivity contribution in [2.24, 2.45) is 7.05 Å². The summed E-state index contributed by atoms with van der Waals surface area (Å²) in [7, 11) is 1.64. The molecular formula is C23H21FN6O2. The van der Waals surface area contributed by atoms with Crippen LogP contribution in [0, 0.1) is 5.82 Å². The van der Waals surface area contributed by atoms with E-state index in [1.165, 1.54) is 27.7 Å². The monoisotopic (exact) mass is 432 g/mol. The van der Waals surface area contributed by atoms with Crippen LogP contribution in [0.5, 0.6) is 0 Å². The number of amides is 2. The number of aryl methyl sites for hydroxylation is 1. The first kappa shape index (κ1) is 21.0. The van der Waals surface area contributed by atoms with E-state index in [-0.39, 0.29) is 30.4 Å². The molecule has 2 amide bonds. The molecule has 2 N–H and O–H groups in total. The molecular weight excluding hydrogens is 411 g/mol. The predicted molar refractivity (Wildman–Crippen MR) is 118 cm³/mol. The maximum absolute atomic E-state index is 13.8. The van der Waals surface area contributed by atoms with Gasteiger partial charge in [-0.15, -0.1) is 0 Å². The highest BCUT2D eigenvalue weighted by molar-refractivity contribution is 6.03. The Morgan fingerprint density at radius 1 is 1.03 bits per heavy atom. The third kappa shape index (κ3) is 5.07. The Morgan fingerprint density at radius 3 is 2.56 bits per heavy atom. The normalized spacial score (nSPS) is 10.7. The molecule has 0 saturated carbocycles. The molecule has 2 aromatic carbocycles. The van der Waals surface area contributed by atoms with Crippen LogP contribution in [0.15, 0.2) is 73.1 Å². The van der Waals surface area contributed by atoms with Crippen LogP contribution in [-0.4, -0.2) is 31.4 Å². The zero-order valence-corrected chi connectivity index (χ0v) is 17.3. The van der Waals surface area contributed by atoms with Crippen molar-refractivity contribution >= 4 is 23.3 Å². The average Bonchev–Trinajstić information content (AvgIpc) is 3.36. The Balaban J connectivity index is 1.37. The molecule has 0 radical (unpaired) electrons. The minimum Gasteiger partial charge on any atom is -0.318 e. The number of halogens is 1. The SMILES string of the molecule is Cn1nc(C(=O)Nc2cnn(Cc3ccccc3F)c2)cc1NC(=O)Cc1ccccc1. The Hall–Kier alpha value is -4.27. The Morgan fingerprint density at radius 2 is 1.78 bits per heavy atom. The van der Waals surface area contributed by atoms with Gasteiger partial charge in [-0.2, -0.15) is 10.2 Å². The fourth-order valence-electron chi connectivity index (χ4n) is 3.17. The van der Waals surface area contributed by atoms with Crippen LogP contribution in [0.25, 0.3) is 0 Å². The van der Waals surface area contributed by atoms with Gasteiger partial charge in [0.2, 0.25) is 5.91 Å². The van der Waals surface area contributed by atoms with Gasteiger partial charge in [0, 0.05) is 24.9 Å². The number of carbonyl (C=O) groups is 2. The number of carbonyl (C=O) groups excluding carboxylic acids is 2. The summed E-state index contributed by atoms with van der Waals surface area (Å²) in [6.07, 6.45) is 3.30. The van der Waals surface area contributed by atoms with Crippen LogP contribution in [0.3, 0.4) is 0 Å². The van der Waals surface area contributed by atoms with Crippen LogP contribution in [0.2, 0.25) is 0 Å². The summed E-state index contributed by atoms with van der Waals surface area (Å²) in [5, 5.41) is 13.8. The smallest absolute Gasteiger partial charge is 0.276 e. The third-order valence-electron chi connectivity index (χ3n) is 4.77. The van der Waals surface area contributed by atoms with Crippen molar-refractivity contribution in [3.63, 3.8) is 0 Å². The molecule has 2 heterocycles. The molecule has 4 aromatic rings. The van der Waals surface area contributed by atoms with E-state index in [0.29, 0.717) is 17.1 Å². The molecule has 8 nitrogen and oxygen atoms in total. The van der Waals surface area contributed by atoms with Crippen LogP contribution in [0.1, 0.15) is 21.6 Å². The maximum Gasteiger partial charge on any atom is 0.276 e. The summed E-state index contributed by atoms with van der Waals surface area (Å²) in [6.45, 7) is 0.240. The summed E-state index contributed by atoms with van der Waals surface area (Å²) in [5.74, 6) is -0.564. The van der Waals surface area contributed by atoms with Gasteiger partial charge in [0.1, 0.15) is 11.6 Å². The standard InChI is InChI=1S/C23H21FN6O2/c1-29-21(27-22(31)11-16-7-3-2-4-8-16)12-20(28-29)23(32)26-18-13-25-30(15-18)14-17-9-5-6-10-19(17)24/h2-10,12-13,15H,11,14H2,1H3,(H,26,32)(H,27,31). The van der Waals surface area contributed by atoms with E-state index in [9.17, 15) is 14.0 Å². The molecule has 0 fully saturated rings. The fourth-order valence-corrected chi connectivity index (χ4v) is 3.17. The molecule has 0 spiro atoms. The Labute approximate surface area is 183 Å². The van der Waals surface area contributed by atoms with Gasteiger partial charge in [0.15, 0.2) is 5.69 Å². The molecule has 0 aliphatic heterocycles. The molecule has 32 heavy (non-hydrogen) atoms. The lowest BCUT2D eigenvalue weighted by molar-refractivity contribution is -0.115. The zero-order valence-electron chi connectivity index (χ0n) is 17.3. The molecule has 0 bridgehead atoms. The number of aromatic nitrogens is 4. The van der Waals surface area contributed by atoms with Gasteiger partial charge in [0.25, 0.3) is 5.91 Å². The van der Waals surface area contributed by atoms with Crippen LogP contribution < -0.4 is 10.6 Å². The number of anilines is 2. The summed E-state index contributed by atoms with van der Waals surface area (Å²) in [4.78, 5) is 24.9. The van der Waals surface area contributed by atoms with E-state index in [1.54, 1.807) is 31.4 Å². The van der Waals surface area contributed by atoms with Gasteiger partial charge >= 0.3 is 0 Å². The van der Waals surface area contributed by atoms with Crippen molar-refractivity contribution in [3.05, 3.63) is 95.7 Å². The van der Waals surface area contributed by atoms with E-state index in [4.69, 9.17) is 0 Å². The van der Waals surface area contributed by atoms with E-state index < -0.39 is 5.91 Å². The fraction of sp³-hybridized carbons (Fsp3) is 0.130. The van der Waals surface area contributed by atoms with Gasteiger partial charge < -0.3 is 10.6 Å². The summed E-state index contributed by atoms with van der Waals surface area (Å²) in [6, 6.07) is 17.3. The zero-order chi connectivity index (χ0) is 22.5. The summed E-state index contributed by atoms with van der Waals surface area (Å²) in [5.41, 5.74) is 1.97. The first-order valence-electron chi connectivity index (χ1n) is 9.93. The number of rotatable bonds is 7. The highest BCUT2D eigenvalue weighted by Gasteiger charge is 2.16. The second-order valence-electron chi connectivity index (χ2n) is 7.22. The Kier molecular flexibility index (Phi) is 6.07. The first-order valence-corrected chi connectivity index (χ1v) is 9.93. The van der Waals surface area contributed by atoms with Gasteiger partial charge in [-0.25, -0.2) is 4.39 Å². The molecule has 9 heteroatoms. The quantitative estimate of drug-likeness (QED) is 0.469. The third-order valence-corrected chi connectivity index (χ3v) is 4.77. The summed E-state index contributed by atoms with van der Waals surface area (Å²) < 4.78 is 16.8. The topological polar surface area (TPSA) is 93.8 Å². The maximum atomic E-state index is 13.8. The van der Waals surface area contributed by atoms with E-state index in [0.717, 1.165) is 5.56 Å². The Bertz CT molecular complexity index is 1250. The summed E-state index contributed by atoms with van der Waals surface area (Å²) >= 11 is 0. The molecule has 0 unspecified atom stereocenters. The largest absolute Gasteiger partial charge is 0.318 e. The van der Waals surface area contributed by atoms with Crippen molar-refractivity contribution in [2.45, 2.75) is 13.0 Å². The van der Waals surface area contributed by atoms with Crippen molar-refractivity contribution in [2.75, 3.05) is 10.6 Å². The minimum atomic E-state index is -0.449. The molecule has 162 valence electrons. The highest BCUT2D eigenvalue weighted by Crippen LogP contribution is 2.14. The number of hydrogen-bond acceptors (Lipinski definition) is 4. The van der Waals surface area contributed by atoms with Crippen molar-refractivity contribution in [1.29, 1.82) is 0 Å². The van der Waals surface area contributed by atoms with Crippen LogP contribution in [0.4, 0.5) is 15.9 Å². The number of benzene rings is 2. The molecule has 0 saturated heterocycles. The number of hydrogen-bond donors (Lipinski definition) is 2. The second-order valence-corrected chi connectivity index (χ2v) is 7.22. The molecule has 4 rings (SSSR count). The van der Waals surface area contributed by atoms with E-state index in [1.807, 2.05) is 30.3 Å². The highest BCUT2D eigenvalue weighted by atomic mass is 19.1. The van der Waals surface area contributed by atoms with Crippen molar-refractivity contribution in [3.8, 4) is 0 Å². The molecule has 0 aliphatic carbocycles. The van der Waals surface area contributed by atoms with Gasteiger partial charge in [0.05, 0.1) is 24.8 Å². The van der Waals surface area contributed by atoms with E-state index >= 15 is 0 Å². The van der Waals surface area contributed by atoms with E-state index in [2.05, 4.69) is 20.8 Å². The molecule has 0 aliphatic rings. The van der Waals surface area contributed by atoms with Gasteiger partial charge in [-0.3, -0.25) is 19.0 Å². The lowest BCUT2D eigenvalue weighted by Crippen LogP contribution is -2.16. The lowest BCUT2D eigenvalue weighted by atomic mass is 10.1. The van der Waals surface area contributed by atoms with Gasteiger partial charge in [-0.05, 0) is 11.6 Å². The number of nitrogens with zero attached hydrogens (tertiary/aromatic N) is 4. The van der Waals surface area contributed by atoms with Crippen LogP contribution >= 0.6 is 0 Å². The molecule has 0 atom stereocenters. The first-order chi connectivity index (χ1) is 15.5. The van der Waals surface area contributed by atoms with Crippen molar-refractivity contribution in [1.82, 2.24) is 19.6 Å². The van der Waals surface area contributed by atoms with Crippen molar-refractivity contribution < 1.29 is 14.0 Å². The number of nitrogens with one attached hydrogen (secondary N) is 2. The average molecular weight is 432 g/mol. The van der Waals surface area contributed by atoms with Gasteiger partial charge in [-0.1, -0.05) is 48.5 Å². The predicted octanol–water partition coefficient (Wildman–Crippen LogP) is 3.24. The second kappa shape index (κ2) is 9.25. The molecule has 2 aromatic heterocycles. The van der Waals surface area contributed by atoms with Crippen LogP contribution in [-0.2, 0) is 24.8 Å². The minimum absolute atomic E-state index is 0.143.